The first kappa shape index (κ1) is 24.5. The van der Waals surface area contributed by atoms with Crippen molar-refractivity contribution in [2.24, 2.45) is 10.2 Å². The fourth-order valence-corrected chi connectivity index (χ4v) is 3.88. The highest BCUT2D eigenvalue weighted by Gasteiger charge is 2.16. The van der Waals surface area contributed by atoms with Crippen molar-refractivity contribution in [3.63, 3.8) is 0 Å². The number of hydrogen-bond acceptors (Lipinski definition) is 4. The van der Waals surface area contributed by atoms with Gasteiger partial charge in [0, 0.05) is 24.9 Å². The van der Waals surface area contributed by atoms with E-state index in [9.17, 15) is 14.7 Å². The summed E-state index contributed by atoms with van der Waals surface area (Å²) >= 11 is 6.02. The van der Waals surface area contributed by atoms with E-state index in [4.69, 9.17) is 11.6 Å². The number of halogens is 1. The Kier molecular flexibility index (Phi) is 8.60. The van der Waals surface area contributed by atoms with E-state index in [-0.39, 0.29) is 24.1 Å². The maximum absolute atomic E-state index is 12.2. The molecule has 0 aliphatic heterocycles. The number of hydrogen-bond donors (Lipinski definition) is 2. The summed E-state index contributed by atoms with van der Waals surface area (Å²) in [7, 11) is 0. The monoisotopic (exact) mass is 468 g/mol. The average molecular weight is 469 g/mol. The first-order chi connectivity index (χ1) is 15.9. The number of aromatic nitrogens is 1. The van der Waals surface area contributed by atoms with Crippen molar-refractivity contribution < 1.29 is 14.7 Å². The molecule has 0 aliphatic rings. The van der Waals surface area contributed by atoms with Gasteiger partial charge in [0.25, 0.3) is 11.8 Å². The molecule has 0 atom stereocenters. The van der Waals surface area contributed by atoms with Crippen molar-refractivity contribution in [3.8, 4) is 5.88 Å². The molecular weight excluding hydrogens is 440 g/mol. The van der Waals surface area contributed by atoms with Gasteiger partial charge < -0.3 is 15.0 Å². The number of aromatic hydroxyl groups is 1. The van der Waals surface area contributed by atoms with E-state index in [1.54, 1.807) is 28.8 Å². The second-order valence-corrected chi connectivity index (χ2v) is 8.39. The number of unbranched alkanes of at least 4 members (excludes halogenated alkanes) is 2. The molecule has 0 saturated carbocycles. The first-order valence-corrected chi connectivity index (χ1v) is 11.6. The van der Waals surface area contributed by atoms with Crippen LogP contribution in [0.15, 0.2) is 52.7 Å². The summed E-state index contributed by atoms with van der Waals surface area (Å²) in [6.07, 6.45) is 3.27. The summed E-state index contributed by atoms with van der Waals surface area (Å²) in [5.74, 6) is -0.510. The molecule has 1 aromatic heterocycles. The molecule has 3 rings (SSSR count). The predicted octanol–water partition coefficient (Wildman–Crippen LogP) is 6.32. The zero-order chi connectivity index (χ0) is 23.8. The highest BCUT2D eigenvalue weighted by atomic mass is 35.5. The quantitative estimate of drug-likeness (QED) is 0.269. The van der Waals surface area contributed by atoms with Gasteiger partial charge in [0.2, 0.25) is 5.88 Å². The predicted molar refractivity (Wildman–Crippen MR) is 130 cm³/mol. The van der Waals surface area contributed by atoms with Crippen LogP contribution in [0, 0.1) is 6.92 Å². The lowest BCUT2D eigenvalue weighted by molar-refractivity contribution is -0.118. The number of benzene rings is 2. The average Bonchev–Trinajstić information content (AvgIpc) is 3.05. The van der Waals surface area contributed by atoms with E-state index in [1.807, 2.05) is 32.0 Å². The maximum atomic E-state index is 12.2. The molecule has 8 heteroatoms. The molecule has 7 nitrogen and oxygen atoms in total. The lowest BCUT2D eigenvalue weighted by Gasteiger charge is -2.06. The van der Waals surface area contributed by atoms with Gasteiger partial charge in [0.15, 0.2) is 5.69 Å². The van der Waals surface area contributed by atoms with Gasteiger partial charge in [0.05, 0.1) is 16.1 Å². The third-order valence-electron chi connectivity index (χ3n) is 5.35. The fourth-order valence-electron chi connectivity index (χ4n) is 3.66. The Morgan fingerprint density at radius 3 is 2.67 bits per heavy atom. The smallest absolute Gasteiger partial charge is 0.264 e. The Bertz CT molecular complexity index is 1170. The largest absolute Gasteiger partial charge is 0.493 e. The van der Waals surface area contributed by atoms with Crippen LogP contribution in [-0.2, 0) is 11.3 Å². The van der Waals surface area contributed by atoms with Gasteiger partial charge in [-0.15, -0.1) is 10.2 Å². The molecule has 0 fully saturated rings. The van der Waals surface area contributed by atoms with Crippen LogP contribution >= 0.6 is 11.6 Å². The van der Waals surface area contributed by atoms with Crippen LogP contribution in [0.4, 0.5) is 5.69 Å². The molecule has 2 N–H and O–H groups in total. The van der Waals surface area contributed by atoms with E-state index < -0.39 is 0 Å². The molecule has 2 amide bonds. The number of nitrogens with one attached hydrogen (secondary N) is 1. The highest BCUT2D eigenvalue weighted by Crippen LogP contribution is 2.39. The zero-order valence-electron chi connectivity index (χ0n) is 19.0. The molecule has 0 spiro atoms. The van der Waals surface area contributed by atoms with Gasteiger partial charge in [-0.3, -0.25) is 9.59 Å². The second-order valence-electron chi connectivity index (χ2n) is 7.98. The fraction of sp³-hybridized carbons (Fsp3) is 0.360. The van der Waals surface area contributed by atoms with Gasteiger partial charge in [-0.1, -0.05) is 48.7 Å². The molecular formula is C25H29ClN4O3. The summed E-state index contributed by atoms with van der Waals surface area (Å²) in [5, 5.41) is 22.6. The van der Waals surface area contributed by atoms with E-state index in [2.05, 4.69) is 15.5 Å². The first-order valence-electron chi connectivity index (χ1n) is 11.2. The lowest BCUT2D eigenvalue weighted by atomic mass is 10.1. The minimum Gasteiger partial charge on any atom is -0.493 e. The number of fused-ring (bicyclic) bond motifs is 1. The standard InChI is InChI=1S/C25H29ClN4O3/c1-3-15-30-21-13-12-17(2)16-19(21)23(25(30)33)29-28-22(31)11-5-4-8-14-27-24(32)18-9-6-7-10-20(18)26/h6-7,9-10,12-13,16,33H,3-5,8,11,14-15H2,1-2H3,(H,27,32). The number of nitrogens with zero attached hydrogens (tertiary/aromatic N) is 3. The molecule has 3 aromatic rings. The van der Waals surface area contributed by atoms with Crippen LogP contribution < -0.4 is 5.32 Å². The lowest BCUT2D eigenvalue weighted by Crippen LogP contribution is -2.24. The molecule has 0 unspecified atom stereocenters. The minimum absolute atomic E-state index is 0.0308. The number of rotatable bonds is 10. The minimum atomic E-state index is -0.335. The zero-order valence-corrected chi connectivity index (χ0v) is 19.7. The van der Waals surface area contributed by atoms with Crippen LogP contribution in [0.3, 0.4) is 0 Å². The van der Waals surface area contributed by atoms with Gasteiger partial charge in [-0.2, -0.15) is 0 Å². The summed E-state index contributed by atoms with van der Waals surface area (Å²) in [4.78, 5) is 24.3. The Morgan fingerprint density at radius 1 is 1.12 bits per heavy atom. The third kappa shape index (κ3) is 6.20. The van der Waals surface area contributed by atoms with Gasteiger partial charge in [-0.05, 0) is 50.5 Å². The number of azo groups is 1. The molecule has 1 heterocycles. The van der Waals surface area contributed by atoms with E-state index in [1.165, 1.54) is 0 Å². The van der Waals surface area contributed by atoms with Crippen molar-refractivity contribution in [1.82, 2.24) is 9.88 Å². The maximum Gasteiger partial charge on any atom is 0.264 e. The highest BCUT2D eigenvalue weighted by molar-refractivity contribution is 6.33. The molecule has 2 aromatic carbocycles. The Hall–Kier alpha value is -3.19. The Morgan fingerprint density at radius 2 is 1.91 bits per heavy atom. The van der Waals surface area contributed by atoms with E-state index in [0.717, 1.165) is 35.7 Å². The number of carbonyl (C=O) groups is 2. The van der Waals surface area contributed by atoms with Crippen LogP contribution in [-0.4, -0.2) is 28.0 Å². The Balaban J connectivity index is 1.48. The molecule has 0 radical (unpaired) electrons. The van der Waals surface area contributed by atoms with Crippen LogP contribution in [0.25, 0.3) is 10.9 Å². The van der Waals surface area contributed by atoms with E-state index >= 15 is 0 Å². The molecule has 0 bridgehead atoms. The van der Waals surface area contributed by atoms with Crippen LogP contribution in [0.1, 0.15) is 54.9 Å². The second kappa shape index (κ2) is 11.6. The van der Waals surface area contributed by atoms with E-state index in [0.29, 0.717) is 35.8 Å². The van der Waals surface area contributed by atoms with Crippen molar-refractivity contribution in [2.45, 2.75) is 52.5 Å². The van der Waals surface area contributed by atoms with Crippen LogP contribution in [0.5, 0.6) is 5.88 Å². The number of amides is 2. The summed E-state index contributed by atoms with van der Waals surface area (Å²) in [5.41, 5.74) is 2.70. The number of aryl methyl sites for hydroxylation is 2. The van der Waals surface area contributed by atoms with Gasteiger partial charge >= 0.3 is 0 Å². The topological polar surface area (TPSA) is 96.0 Å². The van der Waals surface area contributed by atoms with Crippen molar-refractivity contribution in [2.75, 3.05) is 6.54 Å². The summed E-state index contributed by atoms with van der Waals surface area (Å²) < 4.78 is 1.80. The van der Waals surface area contributed by atoms with Crippen molar-refractivity contribution in [1.29, 1.82) is 0 Å². The molecule has 33 heavy (non-hydrogen) atoms. The molecule has 0 aliphatic carbocycles. The van der Waals surface area contributed by atoms with Gasteiger partial charge in [0.1, 0.15) is 0 Å². The molecule has 0 saturated heterocycles. The van der Waals surface area contributed by atoms with Crippen LogP contribution in [0.2, 0.25) is 5.02 Å². The summed E-state index contributed by atoms with van der Waals surface area (Å²) in [6, 6.07) is 12.8. The number of carbonyl (C=O) groups excluding carboxylic acids is 2. The normalized spacial score (nSPS) is 11.4. The Labute approximate surface area is 198 Å². The third-order valence-corrected chi connectivity index (χ3v) is 5.68. The SMILES string of the molecule is CCCn1c(O)c(N=NC(=O)CCCCCNC(=O)c2ccccc2Cl)c2cc(C)ccc21. The summed E-state index contributed by atoms with van der Waals surface area (Å²) in [6.45, 7) is 5.16. The van der Waals surface area contributed by atoms with Gasteiger partial charge in [-0.25, -0.2) is 0 Å². The van der Waals surface area contributed by atoms with Crippen molar-refractivity contribution >= 4 is 40.0 Å². The molecule has 174 valence electrons. The van der Waals surface area contributed by atoms with Crippen molar-refractivity contribution in [3.05, 3.63) is 58.6 Å².